The normalized spacial score (nSPS) is 10.0. The fraction of sp³-hybridized carbons (Fsp3) is 0.222. The molecule has 0 bridgehead atoms. The molecule has 0 spiro atoms. The fourth-order valence-corrected chi connectivity index (χ4v) is 1.84. The Kier molecular flexibility index (Phi) is 5.54. The summed E-state index contributed by atoms with van der Waals surface area (Å²) in [6, 6.07) is 3.00. The largest absolute Gasteiger partial charge is 0.549 e. The van der Waals surface area contributed by atoms with Crippen LogP contribution in [0.25, 0.3) is 0 Å². The molecule has 1 amide bonds. The van der Waals surface area contributed by atoms with Crippen molar-refractivity contribution < 1.29 is 14.7 Å². The van der Waals surface area contributed by atoms with Gasteiger partial charge in [-0.3, -0.25) is 4.79 Å². The van der Waals surface area contributed by atoms with Crippen molar-refractivity contribution in [2.45, 2.75) is 0 Å². The number of nitrogens with one attached hydrogen (secondary N) is 1. The Morgan fingerprint density at radius 3 is 2.65 bits per heavy atom. The summed E-state index contributed by atoms with van der Waals surface area (Å²) < 4.78 is 0. The van der Waals surface area contributed by atoms with Crippen LogP contribution < -0.4 is 10.4 Å². The van der Waals surface area contributed by atoms with Gasteiger partial charge in [0.2, 0.25) is 5.91 Å². The van der Waals surface area contributed by atoms with Gasteiger partial charge in [0.15, 0.2) is 5.15 Å². The zero-order valence-electron chi connectivity index (χ0n) is 8.41. The number of pyridine rings is 1. The van der Waals surface area contributed by atoms with Gasteiger partial charge in [-0.05, 0) is 12.1 Å². The highest BCUT2D eigenvalue weighted by Crippen LogP contribution is 2.21. The number of amides is 1. The summed E-state index contributed by atoms with van der Waals surface area (Å²) in [7, 11) is 0. The van der Waals surface area contributed by atoms with Crippen molar-refractivity contribution in [1.82, 2.24) is 4.98 Å². The molecule has 0 saturated heterocycles. The zero-order valence-corrected chi connectivity index (χ0v) is 10.7. The van der Waals surface area contributed by atoms with Crippen LogP contribution in [0.5, 0.6) is 0 Å². The molecule has 1 N–H and O–H groups in total. The molecule has 1 aromatic heterocycles. The van der Waals surface area contributed by atoms with Gasteiger partial charge < -0.3 is 15.2 Å². The average Bonchev–Trinajstić information content (AvgIpc) is 2.21. The SMILES string of the molecule is O=C([O-])CSCC(=O)Nc1ccc(Cl)nc1Cl. The van der Waals surface area contributed by atoms with Crippen molar-refractivity contribution in [2.24, 2.45) is 0 Å². The number of aromatic nitrogens is 1. The summed E-state index contributed by atoms with van der Waals surface area (Å²) in [5.41, 5.74) is 0.329. The third-order valence-electron chi connectivity index (χ3n) is 1.54. The minimum absolute atomic E-state index is 0.00701. The molecule has 8 heteroatoms. The lowest BCUT2D eigenvalue weighted by Crippen LogP contribution is -2.25. The Bertz CT molecular complexity index is 442. The fourth-order valence-electron chi connectivity index (χ4n) is 0.919. The first-order valence-corrected chi connectivity index (χ1v) is 6.29. The van der Waals surface area contributed by atoms with E-state index in [9.17, 15) is 14.7 Å². The molecule has 0 aliphatic heterocycles. The maximum absolute atomic E-state index is 11.4. The van der Waals surface area contributed by atoms with Gasteiger partial charge in [0, 0.05) is 5.75 Å². The van der Waals surface area contributed by atoms with Crippen molar-refractivity contribution in [2.75, 3.05) is 16.8 Å². The first-order valence-electron chi connectivity index (χ1n) is 4.38. The Morgan fingerprint density at radius 2 is 2.06 bits per heavy atom. The van der Waals surface area contributed by atoms with Crippen LogP contribution in [-0.4, -0.2) is 28.4 Å². The van der Waals surface area contributed by atoms with E-state index >= 15 is 0 Å². The number of hydrogen-bond donors (Lipinski definition) is 1. The summed E-state index contributed by atoms with van der Waals surface area (Å²) in [4.78, 5) is 25.2. The Morgan fingerprint density at radius 1 is 1.35 bits per heavy atom. The van der Waals surface area contributed by atoms with Gasteiger partial charge in [0.25, 0.3) is 0 Å². The van der Waals surface area contributed by atoms with Crippen molar-refractivity contribution in [3.05, 3.63) is 22.4 Å². The van der Waals surface area contributed by atoms with Gasteiger partial charge in [-0.2, -0.15) is 0 Å². The van der Waals surface area contributed by atoms with Crippen molar-refractivity contribution >= 4 is 52.5 Å². The molecular formula is C9H7Cl2N2O3S-. The second kappa shape index (κ2) is 6.68. The van der Waals surface area contributed by atoms with Gasteiger partial charge in [-0.15, -0.1) is 11.8 Å². The highest BCUT2D eigenvalue weighted by molar-refractivity contribution is 8.00. The van der Waals surface area contributed by atoms with Crippen LogP contribution in [0.1, 0.15) is 0 Å². The van der Waals surface area contributed by atoms with E-state index in [1.54, 1.807) is 0 Å². The number of carboxylic acid groups (broad SMARTS) is 1. The van der Waals surface area contributed by atoms with Crippen LogP contribution in [0, 0.1) is 0 Å². The molecule has 0 radical (unpaired) electrons. The van der Waals surface area contributed by atoms with Crippen LogP contribution >= 0.6 is 35.0 Å². The molecule has 1 aromatic rings. The number of hydrogen-bond acceptors (Lipinski definition) is 5. The number of carboxylic acids is 1. The van der Waals surface area contributed by atoms with Gasteiger partial charge >= 0.3 is 0 Å². The molecule has 0 saturated carbocycles. The van der Waals surface area contributed by atoms with E-state index in [1.807, 2.05) is 0 Å². The van der Waals surface area contributed by atoms with E-state index in [4.69, 9.17) is 23.2 Å². The van der Waals surface area contributed by atoms with Crippen LogP contribution in [-0.2, 0) is 9.59 Å². The highest BCUT2D eigenvalue weighted by atomic mass is 35.5. The summed E-state index contributed by atoms with van der Waals surface area (Å²) in [6.07, 6.45) is 0. The zero-order chi connectivity index (χ0) is 12.8. The average molecular weight is 294 g/mol. The molecule has 1 heterocycles. The topological polar surface area (TPSA) is 82.1 Å². The van der Waals surface area contributed by atoms with Crippen LogP contribution in [0.3, 0.4) is 0 Å². The molecule has 17 heavy (non-hydrogen) atoms. The Labute approximate surface area is 112 Å². The summed E-state index contributed by atoms with van der Waals surface area (Å²) in [6.45, 7) is 0. The number of carbonyl (C=O) groups excluding carboxylic acids is 2. The van der Waals surface area contributed by atoms with Gasteiger partial charge in [0.05, 0.1) is 17.4 Å². The van der Waals surface area contributed by atoms with Crippen molar-refractivity contribution in [3.8, 4) is 0 Å². The number of carbonyl (C=O) groups is 2. The lowest BCUT2D eigenvalue weighted by Gasteiger charge is -2.06. The molecule has 0 aromatic carbocycles. The van der Waals surface area contributed by atoms with Crippen LogP contribution in [0.4, 0.5) is 5.69 Å². The predicted octanol–water partition coefficient (Wildman–Crippen LogP) is 0.810. The quantitative estimate of drug-likeness (QED) is 0.813. The lowest BCUT2D eigenvalue weighted by molar-refractivity contribution is -0.301. The molecule has 0 atom stereocenters. The van der Waals surface area contributed by atoms with Gasteiger partial charge in [0.1, 0.15) is 5.15 Å². The lowest BCUT2D eigenvalue weighted by atomic mass is 10.4. The molecule has 0 fully saturated rings. The maximum Gasteiger partial charge on any atom is 0.234 e. The first-order chi connectivity index (χ1) is 7.99. The maximum atomic E-state index is 11.4. The number of thioether (sulfide) groups is 1. The smallest absolute Gasteiger partial charge is 0.234 e. The summed E-state index contributed by atoms with van der Waals surface area (Å²) in [5, 5.41) is 12.9. The van der Waals surface area contributed by atoms with Crippen LogP contribution in [0.15, 0.2) is 12.1 Å². The second-order valence-electron chi connectivity index (χ2n) is 2.89. The van der Waals surface area contributed by atoms with E-state index in [-0.39, 0.29) is 27.7 Å². The van der Waals surface area contributed by atoms with E-state index in [0.717, 1.165) is 11.8 Å². The Hall–Kier alpha value is -0.980. The molecule has 1 rings (SSSR count). The molecule has 92 valence electrons. The number of halogens is 2. The number of rotatable bonds is 5. The minimum atomic E-state index is -1.21. The number of nitrogens with zero attached hydrogens (tertiary/aromatic N) is 1. The van der Waals surface area contributed by atoms with Crippen LogP contribution in [0.2, 0.25) is 10.3 Å². The summed E-state index contributed by atoms with van der Waals surface area (Å²) in [5.74, 6) is -1.83. The number of anilines is 1. The standard InChI is InChI=1S/C9H8Cl2N2O3S/c10-6-2-1-5(9(11)13-6)12-7(14)3-17-4-8(15)16/h1-2H,3-4H2,(H,12,14)(H,15,16)/p-1. The molecule has 0 unspecified atom stereocenters. The highest BCUT2D eigenvalue weighted by Gasteiger charge is 2.07. The minimum Gasteiger partial charge on any atom is -0.549 e. The van der Waals surface area contributed by atoms with Gasteiger partial charge in [-0.25, -0.2) is 4.98 Å². The third-order valence-corrected chi connectivity index (χ3v) is 2.95. The van der Waals surface area contributed by atoms with Gasteiger partial charge in [-0.1, -0.05) is 23.2 Å². The molecule has 0 aliphatic carbocycles. The summed E-state index contributed by atoms with van der Waals surface area (Å²) >= 11 is 12.3. The molecule has 5 nitrogen and oxygen atoms in total. The van der Waals surface area contributed by atoms with Crippen molar-refractivity contribution in [1.29, 1.82) is 0 Å². The molecule has 0 aliphatic rings. The van der Waals surface area contributed by atoms with E-state index < -0.39 is 5.97 Å². The Balaban J connectivity index is 2.48. The number of aliphatic carboxylic acids is 1. The van der Waals surface area contributed by atoms with E-state index in [1.165, 1.54) is 12.1 Å². The van der Waals surface area contributed by atoms with Crippen molar-refractivity contribution in [3.63, 3.8) is 0 Å². The van der Waals surface area contributed by atoms with E-state index in [0.29, 0.717) is 5.69 Å². The van der Waals surface area contributed by atoms with E-state index in [2.05, 4.69) is 10.3 Å². The third kappa shape index (κ3) is 5.25. The molecular weight excluding hydrogens is 287 g/mol. The monoisotopic (exact) mass is 293 g/mol. The first kappa shape index (κ1) is 14.1. The second-order valence-corrected chi connectivity index (χ2v) is 4.62. The predicted molar refractivity (Wildman–Crippen MR) is 65.2 cm³/mol.